The summed E-state index contributed by atoms with van der Waals surface area (Å²) in [7, 11) is 3.95. The van der Waals surface area contributed by atoms with E-state index in [2.05, 4.69) is 17.3 Å². The molecule has 1 atom stereocenters. The molecule has 1 N–H and O–H groups in total. The number of para-hydroxylation sites is 1. The molecule has 1 aromatic heterocycles. The molecule has 124 valence electrons. The van der Waals surface area contributed by atoms with Crippen LogP contribution >= 0.6 is 0 Å². The van der Waals surface area contributed by atoms with Gasteiger partial charge in [0, 0.05) is 6.07 Å². The Labute approximate surface area is 136 Å². The first-order valence-electron chi connectivity index (χ1n) is 7.82. The number of nitrogens with zero attached hydrogens (tertiary/aromatic N) is 3. The van der Waals surface area contributed by atoms with E-state index < -0.39 is 0 Å². The lowest BCUT2D eigenvalue weighted by Crippen LogP contribution is -2.37. The number of aromatic nitrogens is 2. The van der Waals surface area contributed by atoms with E-state index in [4.69, 9.17) is 4.74 Å². The quantitative estimate of drug-likeness (QED) is 0.795. The Bertz CT molecular complexity index is 683. The maximum absolute atomic E-state index is 12.8. The summed E-state index contributed by atoms with van der Waals surface area (Å²) in [6.45, 7) is 4.45. The highest BCUT2D eigenvalue weighted by atomic mass is 16.5. The van der Waals surface area contributed by atoms with Crippen LogP contribution in [0.1, 0.15) is 20.3 Å². The van der Waals surface area contributed by atoms with Crippen LogP contribution in [-0.4, -0.2) is 41.5 Å². The zero-order chi connectivity index (χ0) is 16.8. The van der Waals surface area contributed by atoms with E-state index in [0.29, 0.717) is 23.9 Å². The van der Waals surface area contributed by atoms with E-state index in [0.717, 1.165) is 6.42 Å². The van der Waals surface area contributed by atoms with Gasteiger partial charge in [-0.3, -0.25) is 9.69 Å². The van der Waals surface area contributed by atoms with Crippen LogP contribution in [0.15, 0.2) is 41.2 Å². The second-order valence-corrected chi connectivity index (χ2v) is 5.41. The fraction of sp³-hybridized carbons (Fsp3) is 0.412. The Hall–Kier alpha value is -2.34. The highest BCUT2D eigenvalue weighted by molar-refractivity contribution is 5.46. The lowest BCUT2D eigenvalue weighted by molar-refractivity contribution is 0.311. The van der Waals surface area contributed by atoms with Crippen LogP contribution in [0.5, 0.6) is 5.88 Å². The van der Waals surface area contributed by atoms with Crippen LogP contribution in [0.4, 0.5) is 5.69 Å². The number of rotatable bonds is 7. The van der Waals surface area contributed by atoms with Gasteiger partial charge in [0.1, 0.15) is 5.69 Å². The Balaban J connectivity index is 2.49. The summed E-state index contributed by atoms with van der Waals surface area (Å²) in [6, 6.07) is 11.0. The normalized spacial score (nSPS) is 12.2. The molecule has 1 aromatic carbocycles. The minimum absolute atomic E-state index is 0.0591. The predicted molar refractivity (Wildman–Crippen MR) is 92.4 cm³/mol. The fourth-order valence-corrected chi connectivity index (χ4v) is 2.31. The maximum atomic E-state index is 12.8. The summed E-state index contributed by atoms with van der Waals surface area (Å²) in [5.74, 6) is 0.423. The predicted octanol–water partition coefficient (Wildman–Crippen LogP) is 2.34. The second-order valence-electron chi connectivity index (χ2n) is 5.41. The summed E-state index contributed by atoms with van der Waals surface area (Å²) < 4.78 is 6.89. The summed E-state index contributed by atoms with van der Waals surface area (Å²) in [6.07, 6.45) is 0.924. The average Bonchev–Trinajstić information content (AvgIpc) is 2.55. The van der Waals surface area contributed by atoms with Gasteiger partial charge in [-0.05, 0) is 39.6 Å². The SMILES string of the molecule is CCOc1cc(NC(CC)N(C)C)c(=O)n(-c2ccccc2)n1. The van der Waals surface area contributed by atoms with Crippen LogP contribution in [0.25, 0.3) is 5.69 Å². The maximum Gasteiger partial charge on any atom is 0.295 e. The topological polar surface area (TPSA) is 59.4 Å². The van der Waals surface area contributed by atoms with Crippen molar-refractivity contribution in [3.05, 3.63) is 46.8 Å². The van der Waals surface area contributed by atoms with Crippen molar-refractivity contribution >= 4 is 5.69 Å². The van der Waals surface area contributed by atoms with Crippen LogP contribution in [0, 0.1) is 0 Å². The molecule has 23 heavy (non-hydrogen) atoms. The summed E-state index contributed by atoms with van der Waals surface area (Å²) in [5, 5.41) is 7.58. The van der Waals surface area contributed by atoms with Gasteiger partial charge in [0.25, 0.3) is 5.56 Å². The molecule has 0 aliphatic carbocycles. The van der Waals surface area contributed by atoms with Crippen molar-refractivity contribution in [1.82, 2.24) is 14.7 Å². The van der Waals surface area contributed by atoms with Crippen molar-refractivity contribution in [2.45, 2.75) is 26.4 Å². The zero-order valence-corrected chi connectivity index (χ0v) is 14.1. The first-order valence-corrected chi connectivity index (χ1v) is 7.82. The molecule has 0 saturated carbocycles. The Morgan fingerprint density at radius 1 is 1.26 bits per heavy atom. The van der Waals surface area contributed by atoms with Gasteiger partial charge >= 0.3 is 0 Å². The zero-order valence-electron chi connectivity index (χ0n) is 14.1. The molecule has 2 aromatic rings. The molecule has 6 nitrogen and oxygen atoms in total. The Kier molecular flexibility index (Phi) is 5.76. The summed E-state index contributed by atoms with van der Waals surface area (Å²) in [5.41, 5.74) is 0.993. The number of hydrogen-bond acceptors (Lipinski definition) is 5. The smallest absolute Gasteiger partial charge is 0.295 e. The van der Waals surface area contributed by atoms with E-state index in [1.165, 1.54) is 4.68 Å². The Morgan fingerprint density at radius 3 is 2.52 bits per heavy atom. The van der Waals surface area contributed by atoms with Crippen molar-refractivity contribution in [1.29, 1.82) is 0 Å². The highest BCUT2D eigenvalue weighted by Crippen LogP contribution is 2.15. The number of benzene rings is 1. The van der Waals surface area contributed by atoms with E-state index in [1.807, 2.05) is 56.3 Å². The molecule has 6 heteroatoms. The molecular formula is C17H24N4O2. The van der Waals surface area contributed by atoms with Gasteiger partial charge in [-0.25, -0.2) is 0 Å². The van der Waals surface area contributed by atoms with Gasteiger partial charge in [-0.15, -0.1) is 5.10 Å². The standard InChI is InChI=1S/C17H24N4O2/c1-5-15(20(3)4)18-14-12-16(23-6-2)19-21(17(14)22)13-10-8-7-9-11-13/h7-12,15,18H,5-6H2,1-4H3. The van der Waals surface area contributed by atoms with Crippen molar-refractivity contribution < 1.29 is 4.74 Å². The van der Waals surface area contributed by atoms with Crippen molar-refractivity contribution in [3.8, 4) is 11.6 Å². The van der Waals surface area contributed by atoms with Gasteiger partial charge in [-0.2, -0.15) is 4.68 Å². The van der Waals surface area contributed by atoms with E-state index in [9.17, 15) is 4.79 Å². The largest absolute Gasteiger partial charge is 0.477 e. The van der Waals surface area contributed by atoms with Gasteiger partial charge in [0.2, 0.25) is 5.88 Å². The molecule has 1 unspecified atom stereocenters. The molecule has 0 saturated heterocycles. The van der Waals surface area contributed by atoms with E-state index >= 15 is 0 Å². The molecule has 0 aliphatic heterocycles. The highest BCUT2D eigenvalue weighted by Gasteiger charge is 2.15. The van der Waals surface area contributed by atoms with Crippen molar-refractivity contribution in [2.75, 3.05) is 26.0 Å². The van der Waals surface area contributed by atoms with Gasteiger partial charge < -0.3 is 10.1 Å². The minimum Gasteiger partial charge on any atom is -0.477 e. The fourth-order valence-electron chi connectivity index (χ4n) is 2.31. The monoisotopic (exact) mass is 316 g/mol. The van der Waals surface area contributed by atoms with Gasteiger partial charge in [0.05, 0.1) is 18.5 Å². The van der Waals surface area contributed by atoms with Crippen LogP contribution in [-0.2, 0) is 0 Å². The average molecular weight is 316 g/mol. The lowest BCUT2D eigenvalue weighted by atomic mass is 10.3. The van der Waals surface area contributed by atoms with Crippen molar-refractivity contribution in [2.24, 2.45) is 0 Å². The van der Waals surface area contributed by atoms with Gasteiger partial charge in [-0.1, -0.05) is 25.1 Å². The van der Waals surface area contributed by atoms with E-state index in [1.54, 1.807) is 6.07 Å². The molecular weight excluding hydrogens is 292 g/mol. The Morgan fingerprint density at radius 2 is 1.96 bits per heavy atom. The third-order valence-electron chi connectivity index (χ3n) is 3.51. The molecule has 0 radical (unpaired) electrons. The number of nitrogens with one attached hydrogen (secondary N) is 1. The van der Waals surface area contributed by atoms with E-state index in [-0.39, 0.29) is 11.7 Å². The molecule has 1 heterocycles. The lowest BCUT2D eigenvalue weighted by Gasteiger charge is -2.25. The molecule has 2 rings (SSSR count). The van der Waals surface area contributed by atoms with Crippen molar-refractivity contribution in [3.63, 3.8) is 0 Å². The molecule has 0 bridgehead atoms. The molecule has 0 amide bonds. The van der Waals surface area contributed by atoms with Crippen LogP contribution in [0.3, 0.4) is 0 Å². The summed E-state index contributed by atoms with van der Waals surface area (Å²) >= 11 is 0. The number of anilines is 1. The first kappa shape index (κ1) is 17.0. The third-order valence-corrected chi connectivity index (χ3v) is 3.51. The number of hydrogen-bond donors (Lipinski definition) is 1. The molecule has 0 fully saturated rings. The van der Waals surface area contributed by atoms with Crippen LogP contribution < -0.4 is 15.6 Å². The number of ether oxygens (including phenoxy) is 1. The summed E-state index contributed by atoms with van der Waals surface area (Å²) in [4.78, 5) is 14.8. The minimum atomic E-state index is -0.194. The van der Waals surface area contributed by atoms with Crippen LogP contribution in [0.2, 0.25) is 0 Å². The molecule has 0 spiro atoms. The third kappa shape index (κ3) is 4.10. The van der Waals surface area contributed by atoms with Gasteiger partial charge in [0.15, 0.2) is 0 Å². The molecule has 0 aliphatic rings. The first-order chi connectivity index (χ1) is 11.1. The second kappa shape index (κ2) is 7.78.